The highest BCUT2D eigenvalue weighted by atomic mass is 15.2. The Kier molecular flexibility index (Phi) is 9.84. The quantitative estimate of drug-likeness (QED) is 0.160. The number of aliphatic imine (C=N–C) groups is 1. The second kappa shape index (κ2) is 10.8. The fourth-order valence-corrected chi connectivity index (χ4v) is 1.75. The van der Waals surface area contributed by atoms with Crippen molar-refractivity contribution >= 4 is 17.8 Å². The molecule has 0 heterocycles. The summed E-state index contributed by atoms with van der Waals surface area (Å²) in [6.45, 7) is 10.5. The van der Waals surface area contributed by atoms with Crippen LogP contribution in [0.5, 0.6) is 0 Å². The lowest BCUT2D eigenvalue weighted by atomic mass is 10.0. The number of allylic oxidation sites excluding steroid dienone is 4. The molecule has 4 N–H and O–H groups in total. The lowest BCUT2D eigenvalue weighted by Crippen LogP contribution is -2.22. The largest absolute Gasteiger partial charge is 0.372 e. The molecular formula is C16H29N5. The molecule has 118 valence electrons. The molecule has 0 atom stereocenters. The maximum Gasteiger partial charge on any atom is 0.118 e. The van der Waals surface area contributed by atoms with Crippen LogP contribution in [0.3, 0.4) is 0 Å². The van der Waals surface area contributed by atoms with Crippen LogP contribution >= 0.6 is 0 Å². The summed E-state index contributed by atoms with van der Waals surface area (Å²) in [6.07, 6.45) is 6.56. The molecule has 0 unspecified atom stereocenters. The van der Waals surface area contributed by atoms with Gasteiger partial charge >= 0.3 is 0 Å². The van der Waals surface area contributed by atoms with Gasteiger partial charge in [0, 0.05) is 29.7 Å². The van der Waals surface area contributed by atoms with Crippen LogP contribution in [-0.4, -0.2) is 24.3 Å². The minimum Gasteiger partial charge on any atom is -0.372 e. The highest BCUT2D eigenvalue weighted by molar-refractivity contribution is 5.99. The smallest absolute Gasteiger partial charge is 0.118 e. The third-order valence-corrected chi connectivity index (χ3v) is 3.11. The SMILES string of the molecule is C\C=N/C(CCCN/C(C)=N/N)=C(/C=C(\C)CC)C(C)=N. The zero-order valence-corrected chi connectivity index (χ0v) is 14.0. The summed E-state index contributed by atoms with van der Waals surface area (Å²) in [5.74, 6) is 5.90. The van der Waals surface area contributed by atoms with Crippen molar-refractivity contribution in [3.8, 4) is 0 Å². The summed E-state index contributed by atoms with van der Waals surface area (Å²) >= 11 is 0. The number of amidine groups is 1. The van der Waals surface area contributed by atoms with Crippen molar-refractivity contribution < 1.29 is 0 Å². The first kappa shape index (κ1) is 19.1. The van der Waals surface area contributed by atoms with E-state index < -0.39 is 0 Å². The monoisotopic (exact) mass is 291 g/mol. The Bertz CT molecular complexity index is 455. The standard InChI is InChI=1S/C16H29N5/c1-6-12(3)11-15(13(4)17)16(19-7-2)9-8-10-20-14(5)21-18/h7,11,17H,6,8-10,18H2,1-5H3,(H,20,21)/b12-11+,16-15-,17-13?,19-7-. The third-order valence-electron chi connectivity index (χ3n) is 3.11. The van der Waals surface area contributed by atoms with Gasteiger partial charge in [-0.25, -0.2) is 0 Å². The molecular weight excluding hydrogens is 262 g/mol. The molecule has 21 heavy (non-hydrogen) atoms. The number of nitrogens with one attached hydrogen (secondary N) is 2. The van der Waals surface area contributed by atoms with Crippen molar-refractivity contribution in [2.24, 2.45) is 15.9 Å². The second-order valence-corrected chi connectivity index (χ2v) is 4.96. The summed E-state index contributed by atoms with van der Waals surface area (Å²) in [5, 5.41) is 14.7. The molecule has 0 fully saturated rings. The molecule has 0 aliphatic rings. The van der Waals surface area contributed by atoms with Gasteiger partial charge in [-0.2, -0.15) is 5.10 Å². The van der Waals surface area contributed by atoms with E-state index in [9.17, 15) is 0 Å². The molecule has 5 nitrogen and oxygen atoms in total. The van der Waals surface area contributed by atoms with Crippen LogP contribution in [0, 0.1) is 5.41 Å². The molecule has 0 aliphatic heterocycles. The van der Waals surface area contributed by atoms with Crippen LogP contribution in [0.15, 0.2) is 33.0 Å². The molecule has 0 aromatic carbocycles. The molecule has 0 amide bonds. The van der Waals surface area contributed by atoms with Gasteiger partial charge in [-0.1, -0.05) is 18.6 Å². The predicted octanol–water partition coefficient (Wildman–Crippen LogP) is 3.39. The van der Waals surface area contributed by atoms with Gasteiger partial charge in [0.25, 0.3) is 0 Å². The molecule has 0 radical (unpaired) electrons. The van der Waals surface area contributed by atoms with E-state index in [-0.39, 0.29) is 0 Å². The van der Waals surface area contributed by atoms with Crippen LogP contribution < -0.4 is 11.2 Å². The molecule has 0 aromatic heterocycles. The molecule has 0 saturated carbocycles. The van der Waals surface area contributed by atoms with Crippen LogP contribution in [0.2, 0.25) is 0 Å². The van der Waals surface area contributed by atoms with Crippen molar-refractivity contribution in [1.29, 1.82) is 5.41 Å². The normalized spacial score (nSPS) is 14.3. The van der Waals surface area contributed by atoms with Gasteiger partial charge < -0.3 is 16.6 Å². The Balaban J connectivity index is 5.04. The summed E-state index contributed by atoms with van der Waals surface area (Å²) in [6, 6.07) is 0. The van der Waals surface area contributed by atoms with E-state index in [1.807, 2.05) is 20.8 Å². The topological polar surface area (TPSA) is 86.6 Å². The summed E-state index contributed by atoms with van der Waals surface area (Å²) in [4.78, 5) is 4.46. The van der Waals surface area contributed by atoms with Crippen molar-refractivity contribution in [2.45, 2.75) is 53.9 Å². The fourth-order valence-electron chi connectivity index (χ4n) is 1.75. The van der Waals surface area contributed by atoms with E-state index in [2.05, 4.69) is 35.3 Å². The van der Waals surface area contributed by atoms with E-state index in [1.165, 1.54) is 5.57 Å². The Morgan fingerprint density at radius 1 is 1.29 bits per heavy atom. The maximum atomic E-state index is 7.98. The number of rotatable bonds is 8. The first-order chi connectivity index (χ1) is 9.96. The first-order valence-corrected chi connectivity index (χ1v) is 7.39. The minimum atomic E-state index is 0.552. The maximum absolute atomic E-state index is 7.98. The molecule has 0 aromatic rings. The summed E-state index contributed by atoms with van der Waals surface area (Å²) < 4.78 is 0. The molecule has 0 rings (SSSR count). The molecule has 5 heteroatoms. The minimum absolute atomic E-state index is 0.552. The lowest BCUT2D eigenvalue weighted by molar-refractivity contribution is 0.758. The zero-order valence-electron chi connectivity index (χ0n) is 14.0. The molecule has 0 saturated heterocycles. The van der Waals surface area contributed by atoms with Crippen LogP contribution in [-0.2, 0) is 0 Å². The Labute approximate surface area is 128 Å². The number of hydrogen-bond acceptors (Lipinski definition) is 4. The van der Waals surface area contributed by atoms with E-state index in [4.69, 9.17) is 11.3 Å². The number of nitrogens with zero attached hydrogens (tertiary/aromatic N) is 2. The summed E-state index contributed by atoms with van der Waals surface area (Å²) in [7, 11) is 0. The average Bonchev–Trinajstić information content (AvgIpc) is 2.47. The highest BCUT2D eigenvalue weighted by Gasteiger charge is 2.06. The van der Waals surface area contributed by atoms with E-state index in [1.54, 1.807) is 6.21 Å². The number of hydrazone groups is 1. The third kappa shape index (κ3) is 8.07. The van der Waals surface area contributed by atoms with Crippen molar-refractivity contribution in [2.75, 3.05) is 6.54 Å². The first-order valence-electron chi connectivity index (χ1n) is 7.39. The predicted molar refractivity (Wildman–Crippen MR) is 93.2 cm³/mol. The Hall–Kier alpha value is -1.91. The van der Waals surface area contributed by atoms with Gasteiger partial charge in [0.05, 0.1) is 0 Å². The molecule has 0 aliphatic carbocycles. The van der Waals surface area contributed by atoms with Gasteiger partial charge in [0.15, 0.2) is 0 Å². The Morgan fingerprint density at radius 2 is 1.95 bits per heavy atom. The van der Waals surface area contributed by atoms with Gasteiger partial charge in [0.2, 0.25) is 0 Å². The van der Waals surface area contributed by atoms with Gasteiger partial charge in [-0.05, 0) is 47.0 Å². The highest BCUT2D eigenvalue weighted by Crippen LogP contribution is 2.17. The average molecular weight is 291 g/mol. The fraction of sp³-hybridized carbons (Fsp3) is 0.562. The summed E-state index contributed by atoms with van der Waals surface area (Å²) in [5.41, 5.74) is 3.69. The van der Waals surface area contributed by atoms with Crippen LogP contribution in [0.1, 0.15) is 53.9 Å². The van der Waals surface area contributed by atoms with E-state index in [0.29, 0.717) is 5.71 Å². The number of nitrogens with two attached hydrogens (primary N) is 1. The molecule has 0 bridgehead atoms. The van der Waals surface area contributed by atoms with Crippen molar-refractivity contribution in [3.63, 3.8) is 0 Å². The van der Waals surface area contributed by atoms with Crippen LogP contribution in [0.25, 0.3) is 0 Å². The lowest BCUT2D eigenvalue weighted by Gasteiger charge is -2.10. The number of hydrogen-bond donors (Lipinski definition) is 3. The van der Waals surface area contributed by atoms with Crippen LogP contribution in [0.4, 0.5) is 0 Å². The van der Waals surface area contributed by atoms with Gasteiger partial charge in [-0.15, -0.1) is 0 Å². The van der Waals surface area contributed by atoms with Crippen molar-refractivity contribution in [3.05, 3.63) is 22.9 Å². The van der Waals surface area contributed by atoms with E-state index in [0.717, 1.165) is 42.9 Å². The van der Waals surface area contributed by atoms with Gasteiger partial charge in [-0.3, -0.25) is 4.99 Å². The Morgan fingerprint density at radius 3 is 2.43 bits per heavy atom. The molecule has 0 spiro atoms. The van der Waals surface area contributed by atoms with Crippen molar-refractivity contribution in [1.82, 2.24) is 5.32 Å². The zero-order chi connectivity index (χ0) is 16.3. The van der Waals surface area contributed by atoms with E-state index >= 15 is 0 Å². The second-order valence-electron chi connectivity index (χ2n) is 4.96. The van der Waals surface area contributed by atoms with Gasteiger partial charge in [0.1, 0.15) is 5.84 Å².